The third-order valence-electron chi connectivity index (χ3n) is 3.05. The monoisotopic (exact) mass is 257 g/mol. The van der Waals surface area contributed by atoms with Crippen LogP contribution < -0.4 is 10.3 Å². The minimum absolute atomic E-state index is 0.203. The highest BCUT2D eigenvalue weighted by molar-refractivity contribution is 5.93. The van der Waals surface area contributed by atoms with Gasteiger partial charge in [0, 0.05) is 12.6 Å². The van der Waals surface area contributed by atoms with E-state index >= 15 is 0 Å². The molecule has 0 atom stereocenters. The summed E-state index contributed by atoms with van der Waals surface area (Å²) < 4.78 is 6.64. The lowest BCUT2D eigenvalue weighted by molar-refractivity contribution is 0.101. The SMILES string of the molecule is COc1cccc(-c2ccc(C(C)=O)c(=O)n2C)c1. The fourth-order valence-electron chi connectivity index (χ4n) is 1.98. The van der Waals surface area contributed by atoms with Gasteiger partial charge in [0.05, 0.1) is 18.4 Å². The normalized spacial score (nSPS) is 10.3. The number of ether oxygens (including phenoxy) is 1. The van der Waals surface area contributed by atoms with Gasteiger partial charge in [0.25, 0.3) is 5.56 Å². The molecule has 0 bridgehead atoms. The van der Waals surface area contributed by atoms with Gasteiger partial charge in [0.15, 0.2) is 5.78 Å². The highest BCUT2D eigenvalue weighted by Crippen LogP contribution is 2.22. The standard InChI is InChI=1S/C15H15NO3/c1-10(17)13-7-8-14(16(2)15(13)18)11-5-4-6-12(9-11)19-3/h4-9H,1-3H3. The molecule has 2 rings (SSSR count). The molecule has 1 heterocycles. The largest absolute Gasteiger partial charge is 0.497 e. The minimum Gasteiger partial charge on any atom is -0.497 e. The second-order valence-corrected chi connectivity index (χ2v) is 4.28. The molecule has 0 saturated heterocycles. The molecule has 0 N–H and O–H groups in total. The molecule has 4 nitrogen and oxygen atoms in total. The van der Waals surface area contributed by atoms with E-state index in [1.54, 1.807) is 26.3 Å². The number of rotatable bonds is 3. The van der Waals surface area contributed by atoms with E-state index in [0.29, 0.717) is 0 Å². The number of hydrogen-bond acceptors (Lipinski definition) is 3. The first-order chi connectivity index (χ1) is 9.04. The Kier molecular flexibility index (Phi) is 3.51. The molecule has 1 aromatic heterocycles. The summed E-state index contributed by atoms with van der Waals surface area (Å²) in [7, 11) is 3.25. The molecule has 98 valence electrons. The van der Waals surface area contributed by atoms with Crippen LogP contribution in [0.15, 0.2) is 41.2 Å². The predicted molar refractivity (Wildman–Crippen MR) is 73.7 cm³/mol. The Hall–Kier alpha value is -2.36. The Morgan fingerprint density at radius 1 is 1.21 bits per heavy atom. The van der Waals surface area contributed by atoms with Crippen molar-refractivity contribution in [2.45, 2.75) is 6.92 Å². The number of methoxy groups -OCH3 is 1. The van der Waals surface area contributed by atoms with E-state index in [4.69, 9.17) is 4.74 Å². The third kappa shape index (κ3) is 2.42. The van der Waals surface area contributed by atoms with E-state index in [9.17, 15) is 9.59 Å². The van der Waals surface area contributed by atoms with Crippen LogP contribution in [0.2, 0.25) is 0 Å². The van der Waals surface area contributed by atoms with Gasteiger partial charge in [-0.2, -0.15) is 0 Å². The summed E-state index contributed by atoms with van der Waals surface area (Å²) >= 11 is 0. The summed E-state index contributed by atoms with van der Waals surface area (Å²) in [5.41, 5.74) is 1.53. The van der Waals surface area contributed by atoms with Gasteiger partial charge in [-0.05, 0) is 31.2 Å². The Labute approximate surface area is 111 Å². The van der Waals surface area contributed by atoms with E-state index in [1.165, 1.54) is 11.5 Å². The Morgan fingerprint density at radius 3 is 2.58 bits per heavy atom. The highest BCUT2D eigenvalue weighted by atomic mass is 16.5. The summed E-state index contributed by atoms with van der Waals surface area (Å²) in [6, 6.07) is 10.8. The van der Waals surface area contributed by atoms with Gasteiger partial charge in [-0.15, -0.1) is 0 Å². The second kappa shape index (κ2) is 5.10. The maximum absolute atomic E-state index is 12.1. The van der Waals surface area contributed by atoms with Crippen LogP contribution in [0.1, 0.15) is 17.3 Å². The summed E-state index contributed by atoms with van der Waals surface area (Å²) in [4.78, 5) is 23.4. The molecular weight excluding hydrogens is 242 g/mol. The molecule has 1 aromatic carbocycles. The van der Waals surface area contributed by atoms with Gasteiger partial charge in [0.2, 0.25) is 0 Å². The van der Waals surface area contributed by atoms with Crippen molar-refractivity contribution in [1.29, 1.82) is 0 Å². The van der Waals surface area contributed by atoms with Crippen LogP contribution in [0.4, 0.5) is 0 Å². The second-order valence-electron chi connectivity index (χ2n) is 4.28. The van der Waals surface area contributed by atoms with Crippen molar-refractivity contribution in [1.82, 2.24) is 4.57 Å². The van der Waals surface area contributed by atoms with Crippen molar-refractivity contribution in [2.75, 3.05) is 7.11 Å². The summed E-state index contributed by atoms with van der Waals surface area (Å²) in [5.74, 6) is 0.499. The van der Waals surface area contributed by atoms with Crippen LogP contribution >= 0.6 is 0 Å². The molecule has 0 radical (unpaired) electrons. The fraction of sp³-hybridized carbons (Fsp3) is 0.200. The van der Waals surface area contributed by atoms with Crippen molar-refractivity contribution in [3.8, 4) is 17.0 Å². The van der Waals surface area contributed by atoms with Gasteiger partial charge >= 0.3 is 0 Å². The number of ketones is 1. The lowest BCUT2D eigenvalue weighted by atomic mass is 10.1. The Morgan fingerprint density at radius 2 is 1.95 bits per heavy atom. The third-order valence-corrected chi connectivity index (χ3v) is 3.05. The van der Waals surface area contributed by atoms with E-state index in [0.717, 1.165) is 17.0 Å². The zero-order chi connectivity index (χ0) is 14.0. The Bertz CT molecular complexity index is 686. The molecule has 0 spiro atoms. The van der Waals surface area contributed by atoms with Crippen molar-refractivity contribution in [3.63, 3.8) is 0 Å². The molecule has 19 heavy (non-hydrogen) atoms. The van der Waals surface area contributed by atoms with Gasteiger partial charge in [-0.3, -0.25) is 9.59 Å². The van der Waals surface area contributed by atoms with Crippen LogP contribution in [0.25, 0.3) is 11.3 Å². The number of carbonyl (C=O) groups excluding carboxylic acids is 1. The summed E-state index contributed by atoms with van der Waals surface area (Å²) in [5, 5.41) is 0. The van der Waals surface area contributed by atoms with Crippen molar-refractivity contribution >= 4 is 5.78 Å². The molecule has 0 amide bonds. The molecule has 4 heteroatoms. The lowest BCUT2D eigenvalue weighted by Gasteiger charge is -2.10. The smallest absolute Gasteiger partial charge is 0.261 e. The number of pyridine rings is 1. The van der Waals surface area contributed by atoms with Crippen molar-refractivity contribution in [2.24, 2.45) is 7.05 Å². The molecule has 0 aliphatic rings. The number of nitrogens with zero attached hydrogens (tertiary/aromatic N) is 1. The van der Waals surface area contributed by atoms with E-state index in [-0.39, 0.29) is 16.9 Å². The first kappa shape index (κ1) is 13.1. The van der Waals surface area contributed by atoms with Crippen LogP contribution in [-0.2, 0) is 7.05 Å². The first-order valence-electron chi connectivity index (χ1n) is 5.90. The summed E-state index contributed by atoms with van der Waals surface area (Å²) in [6.45, 7) is 1.39. The van der Waals surface area contributed by atoms with Gasteiger partial charge in [-0.25, -0.2) is 0 Å². The topological polar surface area (TPSA) is 48.3 Å². The van der Waals surface area contributed by atoms with Crippen molar-refractivity contribution in [3.05, 3.63) is 52.3 Å². The number of benzene rings is 1. The molecule has 0 saturated carbocycles. The minimum atomic E-state index is -0.284. The quantitative estimate of drug-likeness (QED) is 0.792. The maximum atomic E-state index is 12.1. The Balaban J connectivity index is 2.61. The number of hydrogen-bond donors (Lipinski definition) is 0. The molecular formula is C15H15NO3. The number of carbonyl (C=O) groups is 1. The zero-order valence-corrected chi connectivity index (χ0v) is 11.1. The molecule has 0 aliphatic heterocycles. The number of aromatic nitrogens is 1. The number of Topliss-reactive ketones (excluding diaryl/α,β-unsaturated/α-hetero) is 1. The summed E-state index contributed by atoms with van der Waals surface area (Å²) in [6.07, 6.45) is 0. The van der Waals surface area contributed by atoms with Gasteiger partial charge < -0.3 is 9.30 Å². The van der Waals surface area contributed by atoms with E-state index in [1.807, 2.05) is 24.3 Å². The molecule has 2 aromatic rings. The van der Waals surface area contributed by atoms with Crippen LogP contribution in [0.5, 0.6) is 5.75 Å². The lowest BCUT2D eigenvalue weighted by Crippen LogP contribution is -2.24. The van der Waals surface area contributed by atoms with E-state index < -0.39 is 0 Å². The van der Waals surface area contributed by atoms with Crippen LogP contribution in [0, 0.1) is 0 Å². The zero-order valence-electron chi connectivity index (χ0n) is 11.1. The molecule has 0 fully saturated rings. The van der Waals surface area contributed by atoms with Crippen LogP contribution in [-0.4, -0.2) is 17.5 Å². The predicted octanol–water partition coefficient (Wildman–Crippen LogP) is 2.26. The van der Waals surface area contributed by atoms with E-state index in [2.05, 4.69) is 0 Å². The average molecular weight is 257 g/mol. The van der Waals surface area contributed by atoms with Gasteiger partial charge in [0.1, 0.15) is 5.75 Å². The van der Waals surface area contributed by atoms with Crippen molar-refractivity contribution < 1.29 is 9.53 Å². The van der Waals surface area contributed by atoms with Gasteiger partial charge in [-0.1, -0.05) is 12.1 Å². The average Bonchev–Trinajstić information content (AvgIpc) is 2.41. The maximum Gasteiger partial charge on any atom is 0.261 e. The van der Waals surface area contributed by atoms with Crippen LogP contribution in [0.3, 0.4) is 0 Å². The first-order valence-corrected chi connectivity index (χ1v) is 5.90. The highest BCUT2D eigenvalue weighted by Gasteiger charge is 2.10. The molecule has 0 aliphatic carbocycles. The fourth-order valence-corrected chi connectivity index (χ4v) is 1.98. The molecule has 0 unspecified atom stereocenters.